The van der Waals surface area contributed by atoms with E-state index in [0.717, 1.165) is 19.3 Å². The van der Waals surface area contributed by atoms with Gasteiger partial charge in [0.2, 0.25) is 0 Å². The quantitative estimate of drug-likeness (QED) is 0.862. The molecule has 2 nitrogen and oxygen atoms in total. The molecule has 1 aromatic rings. The number of carbonyl (C=O) groups is 1. The van der Waals surface area contributed by atoms with Crippen LogP contribution in [0.3, 0.4) is 0 Å². The van der Waals surface area contributed by atoms with Crippen LogP contribution in [0.2, 0.25) is 0 Å². The third-order valence-corrected chi connectivity index (χ3v) is 5.59. The molecule has 0 saturated heterocycles. The highest BCUT2D eigenvalue weighted by Crippen LogP contribution is 2.38. The average Bonchev–Trinajstić information content (AvgIpc) is 2.87. The molecule has 2 N–H and O–H groups in total. The van der Waals surface area contributed by atoms with Crippen LogP contribution in [0.25, 0.3) is 0 Å². The normalized spacial score (nSPS) is 18.4. The molecule has 0 bridgehead atoms. The van der Waals surface area contributed by atoms with Crippen molar-refractivity contribution in [3.63, 3.8) is 0 Å². The maximum atomic E-state index is 12.3. The van der Waals surface area contributed by atoms with Crippen molar-refractivity contribution in [2.45, 2.75) is 58.3 Å². The van der Waals surface area contributed by atoms with E-state index in [1.54, 1.807) is 11.3 Å². The SMILES string of the molecule is CCc1ccc(CC(=O)CC2(CN)CCCCC2)s1. The van der Waals surface area contributed by atoms with Gasteiger partial charge in [-0.1, -0.05) is 26.2 Å². The molecule has 0 aliphatic heterocycles. The number of ketones is 1. The first-order chi connectivity index (χ1) is 9.17. The molecule has 0 unspecified atom stereocenters. The highest BCUT2D eigenvalue weighted by molar-refractivity contribution is 7.12. The van der Waals surface area contributed by atoms with Crippen LogP contribution < -0.4 is 5.73 Å². The summed E-state index contributed by atoms with van der Waals surface area (Å²) in [7, 11) is 0. The molecular formula is C16H25NOS. The molecular weight excluding hydrogens is 254 g/mol. The third kappa shape index (κ3) is 3.90. The van der Waals surface area contributed by atoms with Crippen LogP contribution in [0.4, 0.5) is 0 Å². The predicted molar refractivity (Wildman–Crippen MR) is 81.6 cm³/mol. The van der Waals surface area contributed by atoms with Crippen molar-refractivity contribution in [1.29, 1.82) is 0 Å². The van der Waals surface area contributed by atoms with Crippen LogP contribution in [0.5, 0.6) is 0 Å². The van der Waals surface area contributed by atoms with Gasteiger partial charge >= 0.3 is 0 Å². The van der Waals surface area contributed by atoms with Crippen molar-refractivity contribution >= 4 is 17.1 Å². The Morgan fingerprint density at radius 2 is 1.95 bits per heavy atom. The highest BCUT2D eigenvalue weighted by atomic mass is 32.1. The van der Waals surface area contributed by atoms with Gasteiger partial charge in [0.15, 0.2) is 0 Å². The van der Waals surface area contributed by atoms with Gasteiger partial charge in [0.25, 0.3) is 0 Å². The maximum absolute atomic E-state index is 12.3. The summed E-state index contributed by atoms with van der Waals surface area (Å²) in [5.41, 5.74) is 6.07. The maximum Gasteiger partial charge on any atom is 0.138 e. The fourth-order valence-corrected chi connectivity index (χ4v) is 4.12. The Morgan fingerprint density at radius 1 is 1.26 bits per heavy atom. The summed E-state index contributed by atoms with van der Waals surface area (Å²) < 4.78 is 0. The molecule has 0 amide bonds. The number of Topliss-reactive ketones (excluding diaryl/α,β-unsaturated/α-hetero) is 1. The van der Waals surface area contributed by atoms with Crippen molar-refractivity contribution in [2.75, 3.05) is 6.54 Å². The Bertz CT molecular complexity index is 418. The first-order valence-corrected chi connectivity index (χ1v) is 8.28. The number of hydrogen-bond acceptors (Lipinski definition) is 3. The zero-order valence-corrected chi connectivity index (χ0v) is 12.7. The van der Waals surface area contributed by atoms with E-state index in [1.165, 1.54) is 29.0 Å². The van der Waals surface area contributed by atoms with E-state index in [4.69, 9.17) is 5.73 Å². The Balaban J connectivity index is 1.92. The van der Waals surface area contributed by atoms with Gasteiger partial charge in [-0.3, -0.25) is 4.79 Å². The number of aryl methyl sites for hydroxylation is 1. The molecule has 0 radical (unpaired) electrons. The van der Waals surface area contributed by atoms with Crippen molar-refractivity contribution in [1.82, 2.24) is 0 Å². The van der Waals surface area contributed by atoms with Crippen LogP contribution in [0, 0.1) is 5.41 Å². The summed E-state index contributed by atoms with van der Waals surface area (Å²) in [5, 5.41) is 0. The lowest BCUT2D eigenvalue weighted by Crippen LogP contribution is -2.35. The number of hydrogen-bond donors (Lipinski definition) is 1. The van der Waals surface area contributed by atoms with Crippen molar-refractivity contribution in [3.8, 4) is 0 Å². The van der Waals surface area contributed by atoms with Crippen LogP contribution >= 0.6 is 11.3 Å². The molecule has 1 aromatic heterocycles. The van der Waals surface area contributed by atoms with E-state index < -0.39 is 0 Å². The van der Waals surface area contributed by atoms with Gasteiger partial charge in [-0.15, -0.1) is 11.3 Å². The summed E-state index contributed by atoms with van der Waals surface area (Å²) in [6.45, 7) is 2.83. The summed E-state index contributed by atoms with van der Waals surface area (Å²) in [6.07, 6.45) is 8.41. The summed E-state index contributed by atoms with van der Waals surface area (Å²) >= 11 is 1.78. The second kappa shape index (κ2) is 6.67. The first kappa shape index (κ1) is 14.7. The number of carbonyl (C=O) groups excluding carboxylic acids is 1. The minimum atomic E-state index is 0.111. The average molecular weight is 279 g/mol. The smallest absolute Gasteiger partial charge is 0.138 e. The van der Waals surface area contributed by atoms with E-state index >= 15 is 0 Å². The third-order valence-electron chi connectivity index (χ3n) is 4.36. The Labute approximate surface area is 120 Å². The van der Waals surface area contributed by atoms with E-state index in [-0.39, 0.29) is 5.41 Å². The molecule has 1 heterocycles. The lowest BCUT2D eigenvalue weighted by atomic mass is 9.71. The van der Waals surface area contributed by atoms with Crippen molar-refractivity contribution in [2.24, 2.45) is 11.1 Å². The molecule has 1 saturated carbocycles. The van der Waals surface area contributed by atoms with Gasteiger partial charge < -0.3 is 5.73 Å². The molecule has 19 heavy (non-hydrogen) atoms. The lowest BCUT2D eigenvalue weighted by Gasteiger charge is -2.35. The molecule has 0 spiro atoms. The summed E-state index contributed by atoms with van der Waals surface area (Å²) in [4.78, 5) is 14.9. The van der Waals surface area contributed by atoms with Crippen LogP contribution in [-0.4, -0.2) is 12.3 Å². The summed E-state index contributed by atoms with van der Waals surface area (Å²) in [5.74, 6) is 0.372. The zero-order chi connectivity index (χ0) is 13.7. The monoisotopic (exact) mass is 279 g/mol. The summed E-state index contributed by atoms with van der Waals surface area (Å²) in [6, 6.07) is 4.25. The van der Waals surface area contributed by atoms with Gasteiger partial charge in [-0.05, 0) is 43.4 Å². The molecule has 1 aliphatic carbocycles. The molecule has 2 rings (SSSR count). The van der Waals surface area contributed by atoms with Crippen molar-refractivity contribution < 1.29 is 4.79 Å². The zero-order valence-electron chi connectivity index (χ0n) is 11.9. The van der Waals surface area contributed by atoms with Gasteiger partial charge in [0, 0.05) is 22.6 Å². The standard InChI is InChI=1S/C16H25NOS/c1-2-14-6-7-15(19-14)10-13(18)11-16(12-17)8-4-3-5-9-16/h6-7H,2-5,8-12,17H2,1H3. The topological polar surface area (TPSA) is 43.1 Å². The predicted octanol–water partition coefficient (Wildman–Crippen LogP) is 3.72. The van der Waals surface area contributed by atoms with E-state index in [0.29, 0.717) is 25.2 Å². The van der Waals surface area contributed by atoms with Gasteiger partial charge in [-0.25, -0.2) is 0 Å². The van der Waals surface area contributed by atoms with Crippen LogP contribution in [-0.2, 0) is 17.6 Å². The molecule has 1 aliphatic rings. The fraction of sp³-hybridized carbons (Fsp3) is 0.688. The highest BCUT2D eigenvalue weighted by Gasteiger charge is 2.32. The largest absolute Gasteiger partial charge is 0.330 e. The molecule has 0 atom stereocenters. The van der Waals surface area contributed by atoms with E-state index in [1.807, 2.05) is 0 Å². The second-order valence-corrected chi connectivity index (χ2v) is 7.13. The van der Waals surface area contributed by atoms with Gasteiger partial charge in [0.1, 0.15) is 5.78 Å². The molecule has 1 fully saturated rings. The van der Waals surface area contributed by atoms with Gasteiger partial charge in [0.05, 0.1) is 0 Å². The van der Waals surface area contributed by atoms with Crippen LogP contribution in [0.1, 0.15) is 55.2 Å². The Morgan fingerprint density at radius 3 is 2.53 bits per heavy atom. The number of rotatable bonds is 6. The molecule has 3 heteroatoms. The number of nitrogens with two attached hydrogens (primary N) is 1. The molecule has 0 aromatic carbocycles. The fourth-order valence-electron chi connectivity index (χ4n) is 3.14. The lowest BCUT2D eigenvalue weighted by molar-refractivity contribution is -0.121. The second-order valence-electron chi connectivity index (χ2n) is 5.88. The number of thiophene rings is 1. The minimum absolute atomic E-state index is 0.111. The van der Waals surface area contributed by atoms with Gasteiger partial charge in [-0.2, -0.15) is 0 Å². The minimum Gasteiger partial charge on any atom is -0.330 e. The Kier molecular flexibility index (Phi) is 5.17. The van der Waals surface area contributed by atoms with Crippen LogP contribution in [0.15, 0.2) is 12.1 Å². The molecule has 106 valence electrons. The van der Waals surface area contributed by atoms with E-state index in [9.17, 15) is 4.79 Å². The van der Waals surface area contributed by atoms with E-state index in [2.05, 4.69) is 19.1 Å². The Hall–Kier alpha value is -0.670. The first-order valence-electron chi connectivity index (χ1n) is 7.47. The van der Waals surface area contributed by atoms with Crippen molar-refractivity contribution in [3.05, 3.63) is 21.9 Å².